The lowest BCUT2D eigenvalue weighted by Gasteiger charge is -2.38. The van der Waals surface area contributed by atoms with Crippen LogP contribution in [0.1, 0.15) is 60.3 Å². The molecule has 2 unspecified atom stereocenters. The standard InChI is InChI=1S/C15H34N2O/c1-6-9-11-17(14(4)8-3)12-15(5,13-18)16-10-7-2/h14,16,18H,6-13H2,1-5H3. The lowest BCUT2D eigenvalue weighted by molar-refractivity contribution is 0.0963. The minimum absolute atomic E-state index is 0.173. The van der Waals surface area contributed by atoms with Gasteiger partial charge in [0, 0.05) is 12.6 Å². The molecule has 0 aliphatic rings. The van der Waals surface area contributed by atoms with Gasteiger partial charge >= 0.3 is 0 Å². The number of aliphatic hydroxyl groups excluding tert-OH is 1. The summed E-state index contributed by atoms with van der Waals surface area (Å²) < 4.78 is 0. The smallest absolute Gasteiger partial charge is 0.0623 e. The van der Waals surface area contributed by atoms with Gasteiger partial charge in [0.25, 0.3) is 0 Å². The maximum Gasteiger partial charge on any atom is 0.0623 e. The van der Waals surface area contributed by atoms with Crippen LogP contribution in [0.4, 0.5) is 0 Å². The van der Waals surface area contributed by atoms with Crippen LogP contribution in [-0.4, -0.2) is 47.8 Å². The van der Waals surface area contributed by atoms with Gasteiger partial charge in [-0.1, -0.05) is 27.2 Å². The molecule has 0 aromatic rings. The molecule has 0 saturated heterocycles. The Bertz CT molecular complexity index is 199. The summed E-state index contributed by atoms with van der Waals surface area (Å²) in [6, 6.07) is 0.589. The van der Waals surface area contributed by atoms with E-state index in [2.05, 4.69) is 44.8 Å². The average Bonchev–Trinajstić information content (AvgIpc) is 2.40. The van der Waals surface area contributed by atoms with Gasteiger partial charge in [0.15, 0.2) is 0 Å². The monoisotopic (exact) mass is 258 g/mol. The fraction of sp³-hybridized carbons (Fsp3) is 1.00. The lowest BCUT2D eigenvalue weighted by atomic mass is 10.0. The summed E-state index contributed by atoms with van der Waals surface area (Å²) >= 11 is 0. The highest BCUT2D eigenvalue weighted by Crippen LogP contribution is 2.12. The van der Waals surface area contributed by atoms with Gasteiger partial charge in [0.05, 0.1) is 12.1 Å². The van der Waals surface area contributed by atoms with Crippen molar-refractivity contribution >= 4 is 0 Å². The molecule has 0 aromatic carbocycles. The molecule has 0 radical (unpaired) electrons. The van der Waals surface area contributed by atoms with Crippen LogP contribution in [0, 0.1) is 0 Å². The van der Waals surface area contributed by atoms with Crippen molar-refractivity contribution in [1.29, 1.82) is 0 Å². The zero-order chi connectivity index (χ0) is 14.0. The molecule has 0 aliphatic heterocycles. The summed E-state index contributed by atoms with van der Waals surface area (Å²) in [5.41, 5.74) is -0.173. The molecule has 0 aliphatic carbocycles. The molecule has 18 heavy (non-hydrogen) atoms. The van der Waals surface area contributed by atoms with Crippen molar-refractivity contribution in [2.45, 2.75) is 71.9 Å². The van der Waals surface area contributed by atoms with Gasteiger partial charge in [-0.15, -0.1) is 0 Å². The molecule has 3 heteroatoms. The van der Waals surface area contributed by atoms with Crippen LogP contribution in [0.15, 0.2) is 0 Å². The Balaban J connectivity index is 4.48. The molecule has 3 nitrogen and oxygen atoms in total. The second-order valence-corrected chi connectivity index (χ2v) is 5.73. The van der Waals surface area contributed by atoms with E-state index in [9.17, 15) is 5.11 Å². The Kier molecular flexibility index (Phi) is 9.70. The highest BCUT2D eigenvalue weighted by molar-refractivity contribution is 4.87. The van der Waals surface area contributed by atoms with Gasteiger partial charge in [-0.3, -0.25) is 4.90 Å². The topological polar surface area (TPSA) is 35.5 Å². The van der Waals surface area contributed by atoms with Gasteiger partial charge < -0.3 is 10.4 Å². The molecule has 0 rings (SSSR count). The summed E-state index contributed by atoms with van der Waals surface area (Å²) in [4.78, 5) is 2.52. The van der Waals surface area contributed by atoms with Crippen LogP contribution in [0.3, 0.4) is 0 Å². The van der Waals surface area contributed by atoms with E-state index in [1.165, 1.54) is 19.3 Å². The Morgan fingerprint density at radius 2 is 1.89 bits per heavy atom. The fourth-order valence-electron chi connectivity index (χ4n) is 2.11. The van der Waals surface area contributed by atoms with Gasteiger partial charge in [-0.2, -0.15) is 0 Å². The normalized spacial score (nSPS) is 16.8. The Hall–Kier alpha value is -0.120. The number of hydrogen-bond acceptors (Lipinski definition) is 3. The SMILES string of the molecule is CCCCN(CC(C)(CO)NCCC)C(C)CC. The summed E-state index contributed by atoms with van der Waals surface area (Å²) in [5, 5.41) is 13.1. The maximum atomic E-state index is 9.65. The molecule has 0 heterocycles. The van der Waals surface area contributed by atoms with E-state index in [0.717, 1.165) is 26.1 Å². The van der Waals surface area contributed by atoms with E-state index >= 15 is 0 Å². The van der Waals surface area contributed by atoms with Crippen molar-refractivity contribution in [2.24, 2.45) is 0 Å². The quantitative estimate of drug-likeness (QED) is 0.598. The van der Waals surface area contributed by atoms with E-state index in [1.54, 1.807) is 0 Å². The number of nitrogens with zero attached hydrogens (tertiary/aromatic N) is 1. The molecule has 0 bridgehead atoms. The van der Waals surface area contributed by atoms with Crippen LogP contribution in [-0.2, 0) is 0 Å². The summed E-state index contributed by atoms with van der Waals surface area (Å²) in [7, 11) is 0. The van der Waals surface area contributed by atoms with Crippen molar-refractivity contribution in [3.8, 4) is 0 Å². The lowest BCUT2D eigenvalue weighted by Crippen LogP contribution is -2.56. The molecule has 2 N–H and O–H groups in total. The number of unbranched alkanes of at least 4 members (excludes halogenated alkanes) is 1. The van der Waals surface area contributed by atoms with Gasteiger partial charge in [0.1, 0.15) is 0 Å². The summed E-state index contributed by atoms with van der Waals surface area (Å²) in [5.74, 6) is 0. The van der Waals surface area contributed by atoms with Crippen LogP contribution in [0.25, 0.3) is 0 Å². The highest BCUT2D eigenvalue weighted by atomic mass is 16.3. The third-order valence-electron chi connectivity index (χ3n) is 3.72. The Morgan fingerprint density at radius 3 is 2.33 bits per heavy atom. The zero-order valence-corrected chi connectivity index (χ0v) is 13.1. The second kappa shape index (κ2) is 9.76. The van der Waals surface area contributed by atoms with E-state index in [1.807, 2.05) is 0 Å². The molecule has 0 saturated carbocycles. The first-order chi connectivity index (χ1) is 8.52. The van der Waals surface area contributed by atoms with Crippen LogP contribution >= 0.6 is 0 Å². The summed E-state index contributed by atoms with van der Waals surface area (Å²) in [6.07, 6.45) is 4.73. The second-order valence-electron chi connectivity index (χ2n) is 5.73. The minimum atomic E-state index is -0.173. The van der Waals surface area contributed by atoms with Gasteiger partial charge in [-0.05, 0) is 46.2 Å². The predicted molar refractivity (Wildman–Crippen MR) is 80.0 cm³/mol. The number of hydrogen-bond donors (Lipinski definition) is 2. The highest BCUT2D eigenvalue weighted by Gasteiger charge is 2.27. The predicted octanol–water partition coefficient (Wildman–Crippen LogP) is 2.64. The molecule has 110 valence electrons. The third-order valence-corrected chi connectivity index (χ3v) is 3.72. The maximum absolute atomic E-state index is 9.65. The Labute approximate surface area is 114 Å². The van der Waals surface area contributed by atoms with Crippen LogP contribution < -0.4 is 5.32 Å². The van der Waals surface area contributed by atoms with Crippen molar-refractivity contribution in [1.82, 2.24) is 10.2 Å². The number of nitrogens with one attached hydrogen (secondary N) is 1. The van der Waals surface area contributed by atoms with E-state index < -0.39 is 0 Å². The first-order valence-corrected chi connectivity index (χ1v) is 7.62. The minimum Gasteiger partial charge on any atom is -0.394 e. The molecule has 0 amide bonds. The van der Waals surface area contributed by atoms with Crippen molar-refractivity contribution in [3.63, 3.8) is 0 Å². The molecular formula is C15H34N2O. The molecule has 0 aromatic heterocycles. The van der Waals surface area contributed by atoms with Gasteiger partial charge in [0.2, 0.25) is 0 Å². The fourth-order valence-corrected chi connectivity index (χ4v) is 2.11. The number of rotatable bonds is 11. The molecule has 0 fully saturated rings. The largest absolute Gasteiger partial charge is 0.394 e. The average molecular weight is 258 g/mol. The Morgan fingerprint density at radius 1 is 1.22 bits per heavy atom. The number of aliphatic hydroxyl groups is 1. The molecular weight excluding hydrogens is 224 g/mol. The van der Waals surface area contributed by atoms with E-state index in [4.69, 9.17) is 0 Å². The molecule has 0 spiro atoms. The van der Waals surface area contributed by atoms with E-state index in [0.29, 0.717) is 6.04 Å². The first-order valence-electron chi connectivity index (χ1n) is 7.62. The zero-order valence-electron chi connectivity index (χ0n) is 13.1. The third kappa shape index (κ3) is 6.72. The van der Waals surface area contributed by atoms with Gasteiger partial charge in [-0.25, -0.2) is 0 Å². The van der Waals surface area contributed by atoms with Crippen LogP contribution in [0.2, 0.25) is 0 Å². The van der Waals surface area contributed by atoms with Crippen molar-refractivity contribution in [3.05, 3.63) is 0 Å². The van der Waals surface area contributed by atoms with Crippen LogP contribution in [0.5, 0.6) is 0 Å². The van der Waals surface area contributed by atoms with Crippen molar-refractivity contribution in [2.75, 3.05) is 26.2 Å². The van der Waals surface area contributed by atoms with E-state index in [-0.39, 0.29) is 12.1 Å². The van der Waals surface area contributed by atoms with Crippen molar-refractivity contribution < 1.29 is 5.11 Å². The summed E-state index contributed by atoms with van der Waals surface area (Å²) in [6.45, 7) is 14.3. The first kappa shape index (κ1) is 17.9. The molecule has 2 atom stereocenters.